The molecule has 2 N–H and O–H groups in total. The summed E-state index contributed by atoms with van der Waals surface area (Å²) >= 11 is 0. The largest absolute Gasteiger partial charge is 0.468 e. The van der Waals surface area contributed by atoms with E-state index >= 15 is 0 Å². The number of sulfonamides is 1. The molecular weight excluding hydrogens is 580 g/mol. The number of hydrogen-bond acceptors (Lipinski definition) is 10. The number of nitrogens with one attached hydrogen (secondary N) is 1. The van der Waals surface area contributed by atoms with Gasteiger partial charge in [-0.3, -0.25) is 4.84 Å². The van der Waals surface area contributed by atoms with E-state index in [1.807, 2.05) is 30.3 Å². The topological polar surface area (TPSA) is 142 Å². The highest BCUT2D eigenvalue weighted by molar-refractivity contribution is 7.89. The number of alkyl carbamates (subject to hydrolysis) is 1. The number of fused-ring (bicyclic) bond motifs is 1. The number of hydrogen-bond donors (Lipinski definition) is 2. The predicted octanol–water partition coefficient (Wildman–Crippen LogP) is 2.99. The maximum Gasteiger partial charge on any atom is 0.407 e. The molecule has 1 amide bonds. The standard InChI is InChI=1S/C30H40N2O10S/c1-37-20-40-22-11-13-24(14-12-22)43(35,36)32(42-23-9-5-6-10-23)18-27(33)26(17-21-7-3-2-4-8-21)31-30(34)41-28-19-39-29-25(28)15-16-38-29/h2-4,7-8,11-14,23,25-29,33H,5-6,9-10,15-20H2,1H3,(H,31,34)/t25?,26-,27+,28+,29?/m0/s1. The van der Waals surface area contributed by atoms with Crippen LogP contribution in [0.5, 0.6) is 5.75 Å². The van der Waals surface area contributed by atoms with Crippen molar-refractivity contribution in [3.63, 3.8) is 0 Å². The van der Waals surface area contributed by atoms with Crippen molar-refractivity contribution in [1.29, 1.82) is 0 Å². The minimum absolute atomic E-state index is 0.0240. The minimum atomic E-state index is -4.19. The van der Waals surface area contributed by atoms with Gasteiger partial charge in [-0.2, -0.15) is 0 Å². The molecule has 0 aromatic heterocycles. The van der Waals surface area contributed by atoms with Gasteiger partial charge in [-0.1, -0.05) is 47.6 Å². The summed E-state index contributed by atoms with van der Waals surface area (Å²) in [5, 5.41) is 14.3. The number of amides is 1. The van der Waals surface area contributed by atoms with E-state index in [2.05, 4.69) is 5.32 Å². The van der Waals surface area contributed by atoms with E-state index in [1.165, 1.54) is 31.4 Å². The average Bonchev–Trinajstić information content (AvgIpc) is 3.77. The van der Waals surface area contributed by atoms with E-state index in [0.717, 1.165) is 29.3 Å². The quantitative estimate of drug-likeness (QED) is 0.239. The van der Waals surface area contributed by atoms with Crippen LogP contribution >= 0.6 is 0 Å². The maximum absolute atomic E-state index is 13.8. The molecule has 43 heavy (non-hydrogen) atoms. The van der Waals surface area contributed by atoms with Crippen LogP contribution in [0.15, 0.2) is 59.5 Å². The molecule has 0 spiro atoms. The Morgan fingerprint density at radius 1 is 1.07 bits per heavy atom. The number of carbonyl (C=O) groups excluding carboxylic acids is 1. The van der Waals surface area contributed by atoms with Crippen molar-refractivity contribution < 1.29 is 46.8 Å². The molecule has 2 saturated heterocycles. The highest BCUT2D eigenvalue weighted by atomic mass is 32.2. The second-order valence-electron chi connectivity index (χ2n) is 11.0. The number of aliphatic hydroxyl groups is 1. The van der Waals surface area contributed by atoms with Crippen molar-refractivity contribution in [3.8, 4) is 5.75 Å². The maximum atomic E-state index is 13.8. The van der Waals surface area contributed by atoms with E-state index in [4.69, 9.17) is 28.5 Å². The molecule has 0 radical (unpaired) electrons. The molecular formula is C30H40N2O10S. The summed E-state index contributed by atoms with van der Waals surface area (Å²) in [7, 11) is -2.70. The van der Waals surface area contributed by atoms with E-state index in [9.17, 15) is 18.3 Å². The second kappa shape index (κ2) is 14.8. The van der Waals surface area contributed by atoms with E-state index in [0.29, 0.717) is 25.2 Å². The Labute approximate surface area is 252 Å². The molecule has 12 nitrogen and oxygen atoms in total. The molecule has 3 aliphatic rings. The number of carbonyl (C=O) groups is 1. The second-order valence-corrected chi connectivity index (χ2v) is 12.8. The number of ether oxygens (including phenoxy) is 5. The van der Waals surface area contributed by atoms with Gasteiger partial charge in [0.2, 0.25) is 0 Å². The third kappa shape index (κ3) is 8.24. The number of aliphatic hydroxyl groups excluding tert-OH is 1. The summed E-state index contributed by atoms with van der Waals surface area (Å²) < 4.78 is 55.5. The zero-order valence-corrected chi connectivity index (χ0v) is 25.0. The predicted molar refractivity (Wildman–Crippen MR) is 153 cm³/mol. The molecule has 1 saturated carbocycles. The van der Waals surface area contributed by atoms with Crippen LogP contribution in [0.1, 0.15) is 37.7 Å². The lowest BCUT2D eigenvalue weighted by Crippen LogP contribution is -2.51. The summed E-state index contributed by atoms with van der Waals surface area (Å²) in [5.41, 5.74) is 0.845. The normalized spacial score (nSPS) is 23.7. The van der Waals surface area contributed by atoms with E-state index < -0.39 is 40.9 Å². The summed E-state index contributed by atoms with van der Waals surface area (Å²) in [6.45, 7) is 0.380. The molecule has 2 aliphatic heterocycles. The van der Waals surface area contributed by atoms with Crippen LogP contribution in [0.4, 0.5) is 4.79 Å². The number of hydroxylamine groups is 1. The molecule has 1 aliphatic carbocycles. The highest BCUT2D eigenvalue weighted by Gasteiger charge is 2.44. The van der Waals surface area contributed by atoms with Gasteiger partial charge in [0, 0.05) is 7.11 Å². The van der Waals surface area contributed by atoms with Crippen LogP contribution in [0.3, 0.4) is 0 Å². The molecule has 3 fully saturated rings. The number of rotatable bonds is 14. The highest BCUT2D eigenvalue weighted by Crippen LogP contribution is 2.33. The lowest BCUT2D eigenvalue weighted by atomic mass is 10.0. The number of nitrogens with zero attached hydrogens (tertiary/aromatic N) is 1. The molecule has 13 heteroatoms. The lowest BCUT2D eigenvalue weighted by Gasteiger charge is -2.31. The van der Waals surface area contributed by atoms with Crippen molar-refractivity contribution in [2.24, 2.45) is 5.92 Å². The first-order valence-corrected chi connectivity index (χ1v) is 16.1. The first-order valence-electron chi connectivity index (χ1n) is 14.7. The third-order valence-electron chi connectivity index (χ3n) is 7.95. The zero-order chi connectivity index (χ0) is 30.2. The Balaban J connectivity index is 1.32. The van der Waals surface area contributed by atoms with Gasteiger partial charge in [0.25, 0.3) is 10.0 Å². The first-order chi connectivity index (χ1) is 20.8. The first kappa shape index (κ1) is 31.6. The van der Waals surface area contributed by atoms with Crippen LogP contribution in [-0.2, 0) is 40.2 Å². The van der Waals surface area contributed by atoms with Crippen molar-refractivity contribution in [2.75, 3.05) is 33.7 Å². The van der Waals surface area contributed by atoms with E-state index in [1.54, 1.807) is 0 Å². The van der Waals surface area contributed by atoms with Gasteiger partial charge in [-0.15, -0.1) is 0 Å². The molecule has 5 atom stereocenters. The molecule has 5 rings (SSSR count). The van der Waals surface area contributed by atoms with Gasteiger partial charge < -0.3 is 34.1 Å². The van der Waals surface area contributed by atoms with Crippen molar-refractivity contribution in [2.45, 2.75) is 74.1 Å². The third-order valence-corrected chi connectivity index (χ3v) is 9.59. The fourth-order valence-electron chi connectivity index (χ4n) is 5.61. The summed E-state index contributed by atoms with van der Waals surface area (Å²) in [4.78, 5) is 19.1. The fourth-order valence-corrected chi connectivity index (χ4v) is 6.91. The van der Waals surface area contributed by atoms with Crippen LogP contribution < -0.4 is 10.1 Å². The lowest BCUT2D eigenvalue weighted by molar-refractivity contribution is -0.145. The summed E-state index contributed by atoms with van der Waals surface area (Å²) in [6, 6.07) is 14.3. The van der Waals surface area contributed by atoms with Gasteiger partial charge >= 0.3 is 6.09 Å². The van der Waals surface area contributed by atoms with Gasteiger partial charge in [-0.25, -0.2) is 13.2 Å². The van der Waals surface area contributed by atoms with Gasteiger partial charge in [0.1, 0.15) is 11.9 Å². The van der Waals surface area contributed by atoms with Crippen LogP contribution in [-0.4, -0.2) is 88.4 Å². The van der Waals surface area contributed by atoms with Crippen LogP contribution in [0.25, 0.3) is 0 Å². The molecule has 2 aromatic carbocycles. The van der Waals surface area contributed by atoms with Crippen LogP contribution in [0.2, 0.25) is 0 Å². The number of benzene rings is 2. The Hall–Kier alpha value is -2.78. The SMILES string of the molecule is COCOc1ccc(S(=O)(=O)N(C[C@@H](O)[C@H](Cc2ccccc2)NC(=O)O[C@@H]2COC3OCCC32)OC2CCCC2)cc1. The zero-order valence-electron chi connectivity index (χ0n) is 24.2. The van der Waals surface area contributed by atoms with Crippen LogP contribution in [0, 0.1) is 5.92 Å². The Kier molecular flexibility index (Phi) is 10.9. The summed E-state index contributed by atoms with van der Waals surface area (Å²) in [6.07, 6.45) is 1.01. The van der Waals surface area contributed by atoms with E-state index in [-0.39, 0.29) is 43.0 Å². The van der Waals surface area contributed by atoms with Crippen molar-refractivity contribution in [1.82, 2.24) is 9.79 Å². The number of methoxy groups -OCH3 is 1. The van der Waals surface area contributed by atoms with Crippen molar-refractivity contribution in [3.05, 3.63) is 60.2 Å². The molecule has 2 aromatic rings. The Morgan fingerprint density at radius 2 is 1.81 bits per heavy atom. The fraction of sp³-hybridized carbons (Fsp3) is 0.567. The molecule has 2 heterocycles. The Morgan fingerprint density at radius 3 is 2.53 bits per heavy atom. The molecule has 236 valence electrons. The monoisotopic (exact) mass is 620 g/mol. The molecule has 0 bridgehead atoms. The summed E-state index contributed by atoms with van der Waals surface area (Å²) in [5.74, 6) is 0.396. The Bertz CT molecular complexity index is 1270. The van der Waals surface area contributed by atoms with Gasteiger partial charge in [-0.05, 0) is 55.5 Å². The smallest absolute Gasteiger partial charge is 0.407 e. The van der Waals surface area contributed by atoms with Gasteiger partial charge in [0.05, 0.1) is 48.8 Å². The van der Waals surface area contributed by atoms with Crippen molar-refractivity contribution >= 4 is 16.1 Å². The van der Waals surface area contributed by atoms with Gasteiger partial charge in [0.15, 0.2) is 13.1 Å². The average molecular weight is 621 g/mol. The minimum Gasteiger partial charge on any atom is -0.468 e. The molecule has 2 unspecified atom stereocenters.